The highest BCUT2D eigenvalue weighted by atomic mass is 14.9. The van der Waals surface area contributed by atoms with Crippen molar-refractivity contribution in [2.75, 3.05) is 6.54 Å². The first kappa shape index (κ1) is 12.3. The molecule has 0 heterocycles. The average Bonchev–Trinajstić information content (AvgIpc) is 2.29. The van der Waals surface area contributed by atoms with E-state index < -0.39 is 0 Å². The molecule has 1 rings (SSSR count). The van der Waals surface area contributed by atoms with Crippen LogP contribution in [-0.4, -0.2) is 6.54 Å². The molecule has 0 aromatic heterocycles. The predicted molar refractivity (Wildman–Crippen MR) is 66.5 cm³/mol. The van der Waals surface area contributed by atoms with Crippen molar-refractivity contribution in [2.24, 2.45) is 5.92 Å². The quantitative estimate of drug-likeness (QED) is 0.717. The predicted octanol–water partition coefficient (Wildman–Crippen LogP) is 3.42. The first-order valence-electron chi connectivity index (χ1n) is 5.89. The summed E-state index contributed by atoms with van der Waals surface area (Å²) < 4.78 is 0. The minimum Gasteiger partial charge on any atom is -0.312 e. The molecule has 1 nitrogen and oxygen atoms in total. The average molecular weight is 204 g/mol. The van der Waals surface area contributed by atoms with Gasteiger partial charge in [-0.2, -0.15) is 0 Å². The smallest absolute Gasteiger partial charge is 0.0205 e. The lowest BCUT2D eigenvalue weighted by atomic mass is 10.0. The van der Waals surface area contributed by atoms with Gasteiger partial charge in [-0.15, -0.1) is 0 Å². The van der Waals surface area contributed by atoms with Gasteiger partial charge in [0, 0.05) is 6.54 Å². The number of hydrogen-bond acceptors (Lipinski definition) is 1. The Balaban J connectivity index is 2.20. The summed E-state index contributed by atoms with van der Waals surface area (Å²) in [5.74, 6) is 0.790. The van der Waals surface area contributed by atoms with Crippen molar-refractivity contribution >= 4 is 0 Å². The normalized spacial score (nSPS) is 12.7. The lowest BCUT2D eigenvalue weighted by Gasteiger charge is -2.14. The van der Waals surface area contributed by atoms with Crippen LogP contribution in [0.25, 0.3) is 0 Å². The largest absolute Gasteiger partial charge is 0.312 e. The van der Waals surface area contributed by atoms with Crippen LogP contribution in [0.3, 0.4) is 0 Å². The zero-order valence-corrected chi connectivity index (χ0v) is 9.87. The van der Waals surface area contributed by atoms with Gasteiger partial charge < -0.3 is 5.32 Å². The molecular weight excluding hydrogens is 182 g/mol. The molecule has 1 radical (unpaired) electrons. The molecule has 0 saturated heterocycles. The molecule has 83 valence electrons. The summed E-state index contributed by atoms with van der Waals surface area (Å²) in [6.07, 6.45) is 4.74. The van der Waals surface area contributed by atoms with E-state index in [0.29, 0.717) is 0 Å². The third-order valence-corrected chi connectivity index (χ3v) is 2.75. The maximum Gasteiger partial charge on any atom is 0.0205 e. The van der Waals surface area contributed by atoms with Crippen LogP contribution in [0, 0.1) is 12.3 Å². The first-order chi connectivity index (χ1) is 7.36. The van der Waals surface area contributed by atoms with Crippen LogP contribution in [0.1, 0.15) is 32.3 Å². The van der Waals surface area contributed by atoms with E-state index in [1.165, 1.54) is 18.4 Å². The van der Waals surface area contributed by atoms with Gasteiger partial charge >= 0.3 is 0 Å². The number of nitrogens with one attached hydrogen (secondary N) is 1. The van der Waals surface area contributed by atoms with Crippen molar-refractivity contribution < 1.29 is 0 Å². The Morgan fingerprint density at radius 3 is 2.60 bits per heavy atom. The fraction of sp³-hybridized carbons (Fsp3) is 0.500. The van der Waals surface area contributed by atoms with Crippen LogP contribution >= 0.6 is 0 Å². The maximum absolute atomic E-state index is 3.52. The van der Waals surface area contributed by atoms with E-state index in [2.05, 4.69) is 55.9 Å². The lowest BCUT2D eigenvalue weighted by molar-refractivity contribution is 0.456. The highest BCUT2D eigenvalue weighted by Crippen LogP contribution is 2.08. The van der Waals surface area contributed by atoms with E-state index in [4.69, 9.17) is 0 Å². The van der Waals surface area contributed by atoms with Gasteiger partial charge in [-0.3, -0.25) is 0 Å². The van der Waals surface area contributed by atoms with Gasteiger partial charge in [0.1, 0.15) is 0 Å². The molecule has 1 aromatic carbocycles. The second-order valence-electron chi connectivity index (χ2n) is 4.03. The molecule has 0 bridgehead atoms. The van der Waals surface area contributed by atoms with Gasteiger partial charge in [0.2, 0.25) is 0 Å². The highest BCUT2D eigenvalue weighted by molar-refractivity contribution is 5.14. The standard InChI is InChI=1S/C14H22N/c1-3-8-13(4-2)11-15-12-14-9-6-5-7-10-14/h3,5-7,9-10,13,15H,4,8,11-12H2,1-2H3. The Labute approximate surface area is 93.9 Å². The topological polar surface area (TPSA) is 12.0 Å². The monoisotopic (exact) mass is 204 g/mol. The molecule has 0 aliphatic carbocycles. The minimum atomic E-state index is 0.790. The third-order valence-electron chi connectivity index (χ3n) is 2.75. The molecule has 0 amide bonds. The molecule has 0 fully saturated rings. The van der Waals surface area contributed by atoms with Crippen molar-refractivity contribution in [3.63, 3.8) is 0 Å². The molecular formula is C14H22N. The molecule has 0 saturated carbocycles. The molecule has 1 heteroatoms. The van der Waals surface area contributed by atoms with E-state index in [0.717, 1.165) is 19.0 Å². The third kappa shape index (κ3) is 4.98. The molecule has 0 aliphatic heterocycles. The molecule has 1 unspecified atom stereocenters. The van der Waals surface area contributed by atoms with E-state index in [1.54, 1.807) is 0 Å². The Hall–Kier alpha value is -0.820. The Bertz CT molecular complexity index is 243. The second kappa shape index (κ2) is 7.47. The second-order valence-corrected chi connectivity index (χ2v) is 4.03. The zero-order chi connectivity index (χ0) is 10.9. The minimum absolute atomic E-state index is 0.790. The van der Waals surface area contributed by atoms with E-state index in [1.807, 2.05) is 0 Å². The van der Waals surface area contributed by atoms with Crippen molar-refractivity contribution in [1.29, 1.82) is 0 Å². The summed E-state index contributed by atoms with van der Waals surface area (Å²) in [5.41, 5.74) is 1.37. The first-order valence-corrected chi connectivity index (χ1v) is 5.89. The zero-order valence-electron chi connectivity index (χ0n) is 9.87. The molecule has 1 aromatic rings. The summed E-state index contributed by atoms with van der Waals surface area (Å²) >= 11 is 0. The van der Waals surface area contributed by atoms with E-state index >= 15 is 0 Å². The fourth-order valence-corrected chi connectivity index (χ4v) is 1.74. The summed E-state index contributed by atoms with van der Waals surface area (Å²) in [6.45, 7) is 6.51. The van der Waals surface area contributed by atoms with Crippen LogP contribution in [0.5, 0.6) is 0 Å². The van der Waals surface area contributed by atoms with Crippen LogP contribution in [0.2, 0.25) is 0 Å². The van der Waals surface area contributed by atoms with Gasteiger partial charge in [0.25, 0.3) is 0 Å². The van der Waals surface area contributed by atoms with Crippen molar-refractivity contribution in [1.82, 2.24) is 5.32 Å². The maximum atomic E-state index is 3.52. The highest BCUT2D eigenvalue weighted by Gasteiger charge is 2.03. The van der Waals surface area contributed by atoms with E-state index in [9.17, 15) is 0 Å². The molecule has 0 aliphatic rings. The summed E-state index contributed by atoms with van der Waals surface area (Å²) in [4.78, 5) is 0. The van der Waals surface area contributed by atoms with Crippen molar-refractivity contribution in [3.05, 3.63) is 42.3 Å². The van der Waals surface area contributed by atoms with Gasteiger partial charge in [-0.05, 0) is 30.9 Å². The van der Waals surface area contributed by atoms with Gasteiger partial charge in [-0.1, -0.05) is 50.6 Å². The Morgan fingerprint density at radius 2 is 2.00 bits per heavy atom. The SMILES string of the molecule is C[CH]CC(CC)CNCc1ccccc1. The number of benzene rings is 1. The Morgan fingerprint density at radius 1 is 1.27 bits per heavy atom. The molecule has 15 heavy (non-hydrogen) atoms. The number of rotatable bonds is 7. The Kier molecular flexibility index (Phi) is 6.10. The summed E-state index contributed by atoms with van der Waals surface area (Å²) in [5, 5.41) is 3.52. The van der Waals surface area contributed by atoms with Crippen LogP contribution < -0.4 is 5.32 Å². The van der Waals surface area contributed by atoms with Crippen LogP contribution in [0.4, 0.5) is 0 Å². The van der Waals surface area contributed by atoms with Crippen LogP contribution in [-0.2, 0) is 6.54 Å². The van der Waals surface area contributed by atoms with Gasteiger partial charge in [0.05, 0.1) is 0 Å². The van der Waals surface area contributed by atoms with Crippen molar-refractivity contribution in [2.45, 2.75) is 33.2 Å². The van der Waals surface area contributed by atoms with E-state index in [-0.39, 0.29) is 0 Å². The molecule has 1 atom stereocenters. The van der Waals surface area contributed by atoms with Crippen LogP contribution in [0.15, 0.2) is 30.3 Å². The molecule has 1 N–H and O–H groups in total. The van der Waals surface area contributed by atoms with Gasteiger partial charge in [0.15, 0.2) is 0 Å². The summed E-state index contributed by atoms with van der Waals surface area (Å²) in [6, 6.07) is 10.6. The number of hydrogen-bond donors (Lipinski definition) is 1. The molecule has 0 spiro atoms. The van der Waals surface area contributed by atoms with Crippen molar-refractivity contribution in [3.8, 4) is 0 Å². The fourth-order valence-electron chi connectivity index (χ4n) is 1.74. The summed E-state index contributed by atoms with van der Waals surface area (Å²) in [7, 11) is 0. The van der Waals surface area contributed by atoms with Gasteiger partial charge in [-0.25, -0.2) is 0 Å². The lowest BCUT2D eigenvalue weighted by Crippen LogP contribution is -2.22.